The molecule has 0 bridgehead atoms. The zero-order chi connectivity index (χ0) is 20.4. The summed E-state index contributed by atoms with van der Waals surface area (Å²) < 4.78 is 14.6. The zero-order valence-electron chi connectivity index (χ0n) is 16.2. The first-order chi connectivity index (χ1) is 14.0. The molecule has 2 aromatic carbocycles. The quantitative estimate of drug-likeness (QED) is 0.736. The summed E-state index contributed by atoms with van der Waals surface area (Å²) >= 11 is 0. The van der Waals surface area contributed by atoms with Gasteiger partial charge in [-0.25, -0.2) is 14.2 Å². The van der Waals surface area contributed by atoms with Gasteiger partial charge in [0.2, 0.25) is 5.95 Å². The first kappa shape index (κ1) is 19.3. The van der Waals surface area contributed by atoms with Gasteiger partial charge in [-0.15, -0.1) is 0 Å². The fraction of sp³-hybridized carbons (Fsp3) is 0.318. The highest BCUT2D eigenvalue weighted by Gasteiger charge is 2.30. The van der Waals surface area contributed by atoms with Crippen LogP contribution >= 0.6 is 0 Å². The first-order valence-electron chi connectivity index (χ1n) is 9.67. The maximum absolute atomic E-state index is 13.1. The van der Waals surface area contributed by atoms with Gasteiger partial charge in [0.25, 0.3) is 0 Å². The van der Waals surface area contributed by atoms with Gasteiger partial charge in [0.15, 0.2) is 0 Å². The number of hydrogen-bond donors (Lipinski definition) is 1. The van der Waals surface area contributed by atoms with Crippen LogP contribution in [0, 0.1) is 12.7 Å². The van der Waals surface area contributed by atoms with Crippen LogP contribution in [0.25, 0.3) is 0 Å². The van der Waals surface area contributed by atoms with Crippen LogP contribution in [0.4, 0.5) is 10.3 Å². The number of benzene rings is 2. The fourth-order valence-corrected chi connectivity index (χ4v) is 3.71. The molecule has 1 aliphatic rings. The summed E-state index contributed by atoms with van der Waals surface area (Å²) in [6.07, 6.45) is 1.53. The molecule has 150 valence electrons. The summed E-state index contributed by atoms with van der Waals surface area (Å²) in [6, 6.07) is 14.2. The molecular weight excluding hydrogens is 371 g/mol. The van der Waals surface area contributed by atoms with Crippen molar-refractivity contribution in [3.05, 3.63) is 87.9 Å². The van der Waals surface area contributed by atoms with Crippen LogP contribution < -0.4 is 10.6 Å². The number of halogens is 1. The standard InChI is InChI=1S/C22H23FN4O2/c1-15-2-4-16(5-3-15)12-27-14-24-21(25-22(27)29)26-11-10-19(20(28)13-26)17-6-8-18(23)9-7-17/h2-9,14,19-20,28H,10-13H2,1H3. The Hall–Kier alpha value is -3.06. The molecule has 0 amide bonds. The maximum atomic E-state index is 13.1. The van der Waals surface area contributed by atoms with E-state index < -0.39 is 6.10 Å². The third-order valence-corrected chi connectivity index (χ3v) is 5.39. The van der Waals surface area contributed by atoms with Gasteiger partial charge in [-0.1, -0.05) is 42.0 Å². The normalized spacial score (nSPS) is 19.3. The van der Waals surface area contributed by atoms with E-state index in [1.165, 1.54) is 23.0 Å². The van der Waals surface area contributed by atoms with Crippen molar-refractivity contribution in [2.75, 3.05) is 18.0 Å². The Kier molecular flexibility index (Phi) is 5.40. The number of aromatic nitrogens is 3. The molecule has 29 heavy (non-hydrogen) atoms. The second-order valence-corrected chi connectivity index (χ2v) is 7.51. The molecule has 1 aliphatic heterocycles. The van der Waals surface area contributed by atoms with E-state index in [2.05, 4.69) is 9.97 Å². The second kappa shape index (κ2) is 8.13. The molecule has 2 heterocycles. The summed E-state index contributed by atoms with van der Waals surface area (Å²) in [5.41, 5.74) is 2.71. The third-order valence-electron chi connectivity index (χ3n) is 5.39. The van der Waals surface area contributed by atoms with Crippen LogP contribution in [0.2, 0.25) is 0 Å². The van der Waals surface area contributed by atoms with E-state index in [1.54, 1.807) is 12.1 Å². The number of β-amino-alcohol motifs (C(OH)–C–C–N with tert-alkyl or cyclic N) is 1. The van der Waals surface area contributed by atoms with Crippen molar-refractivity contribution in [3.63, 3.8) is 0 Å². The number of aliphatic hydroxyl groups excluding tert-OH is 1. The van der Waals surface area contributed by atoms with Crippen LogP contribution in [0.3, 0.4) is 0 Å². The van der Waals surface area contributed by atoms with Gasteiger partial charge in [0.1, 0.15) is 12.1 Å². The molecule has 0 saturated carbocycles. The van der Waals surface area contributed by atoms with Gasteiger partial charge in [-0.3, -0.25) is 4.57 Å². The van der Waals surface area contributed by atoms with Crippen LogP contribution in [0.5, 0.6) is 0 Å². The Morgan fingerprint density at radius 3 is 2.52 bits per heavy atom. The lowest BCUT2D eigenvalue weighted by molar-refractivity contribution is 0.129. The zero-order valence-corrected chi connectivity index (χ0v) is 16.2. The Labute approximate surface area is 168 Å². The highest BCUT2D eigenvalue weighted by molar-refractivity contribution is 5.32. The summed E-state index contributed by atoms with van der Waals surface area (Å²) in [5.74, 6) is -0.0409. The van der Waals surface area contributed by atoms with E-state index in [9.17, 15) is 14.3 Å². The van der Waals surface area contributed by atoms with E-state index in [1.807, 2.05) is 36.1 Å². The number of rotatable bonds is 4. The molecule has 0 aliphatic carbocycles. The van der Waals surface area contributed by atoms with E-state index in [4.69, 9.17) is 0 Å². The van der Waals surface area contributed by atoms with E-state index in [-0.39, 0.29) is 17.4 Å². The molecule has 0 radical (unpaired) electrons. The molecule has 6 nitrogen and oxygen atoms in total. The van der Waals surface area contributed by atoms with Crippen molar-refractivity contribution in [2.45, 2.75) is 31.9 Å². The average molecular weight is 394 g/mol. The Morgan fingerprint density at radius 2 is 1.86 bits per heavy atom. The maximum Gasteiger partial charge on any atom is 0.352 e. The van der Waals surface area contributed by atoms with E-state index in [0.29, 0.717) is 32.0 Å². The molecule has 3 aromatic rings. The predicted octanol–water partition coefficient (Wildman–Crippen LogP) is 2.49. The monoisotopic (exact) mass is 394 g/mol. The number of anilines is 1. The lowest BCUT2D eigenvalue weighted by Gasteiger charge is -2.36. The number of piperidine rings is 1. The lowest BCUT2D eigenvalue weighted by atomic mass is 9.87. The minimum Gasteiger partial charge on any atom is -0.391 e. The van der Waals surface area contributed by atoms with Crippen molar-refractivity contribution < 1.29 is 9.50 Å². The van der Waals surface area contributed by atoms with E-state index in [0.717, 1.165) is 16.7 Å². The van der Waals surface area contributed by atoms with Crippen molar-refractivity contribution in [1.82, 2.24) is 14.5 Å². The Balaban J connectivity index is 1.45. The van der Waals surface area contributed by atoms with Crippen molar-refractivity contribution in [1.29, 1.82) is 0 Å². The highest BCUT2D eigenvalue weighted by Crippen LogP contribution is 2.29. The number of aliphatic hydroxyl groups is 1. The van der Waals surface area contributed by atoms with Gasteiger partial charge in [0, 0.05) is 19.0 Å². The topological polar surface area (TPSA) is 71.2 Å². The molecule has 4 rings (SSSR count). The van der Waals surface area contributed by atoms with Crippen LogP contribution in [-0.4, -0.2) is 38.8 Å². The minimum absolute atomic E-state index is 0.0752. The van der Waals surface area contributed by atoms with Crippen LogP contribution in [0.15, 0.2) is 59.7 Å². The highest BCUT2D eigenvalue weighted by atomic mass is 19.1. The molecule has 2 atom stereocenters. The molecule has 1 saturated heterocycles. The first-order valence-corrected chi connectivity index (χ1v) is 9.67. The van der Waals surface area contributed by atoms with Gasteiger partial charge >= 0.3 is 5.69 Å². The smallest absolute Gasteiger partial charge is 0.352 e. The van der Waals surface area contributed by atoms with Gasteiger partial charge < -0.3 is 10.0 Å². The molecule has 1 N–H and O–H groups in total. The second-order valence-electron chi connectivity index (χ2n) is 7.51. The average Bonchev–Trinajstić information content (AvgIpc) is 2.72. The van der Waals surface area contributed by atoms with Gasteiger partial charge in [-0.2, -0.15) is 4.98 Å². The molecule has 7 heteroatoms. The molecular formula is C22H23FN4O2. The van der Waals surface area contributed by atoms with Gasteiger partial charge in [-0.05, 0) is 36.6 Å². The summed E-state index contributed by atoms with van der Waals surface area (Å²) in [7, 11) is 0. The van der Waals surface area contributed by atoms with Crippen molar-refractivity contribution >= 4 is 5.95 Å². The Morgan fingerprint density at radius 1 is 1.14 bits per heavy atom. The number of aryl methyl sites for hydroxylation is 1. The summed E-state index contributed by atoms with van der Waals surface area (Å²) in [5, 5.41) is 10.6. The predicted molar refractivity (Wildman–Crippen MR) is 109 cm³/mol. The van der Waals surface area contributed by atoms with Crippen molar-refractivity contribution in [3.8, 4) is 0 Å². The fourth-order valence-electron chi connectivity index (χ4n) is 3.71. The van der Waals surface area contributed by atoms with Crippen LogP contribution in [0.1, 0.15) is 29.0 Å². The number of nitrogens with zero attached hydrogens (tertiary/aromatic N) is 4. The SMILES string of the molecule is Cc1ccc(Cn2cnc(N3CCC(c4ccc(F)cc4)C(O)C3)nc2=O)cc1. The Bertz CT molecular complexity index is 1030. The number of hydrogen-bond acceptors (Lipinski definition) is 5. The largest absolute Gasteiger partial charge is 0.391 e. The van der Waals surface area contributed by atoms with Crippen LogP contribution in [-0.2, 0) is 6.54 Å². The minimum atomic E-state index is -0.646. The lowest BCUT2D eigenvalue weighted by Crippen LogP contribution is -2.44. The summed E-state index contributed by atoms with van der Waals surface area (Å²) in [6.45, 7) is 3.36. The summed E-state index contributed by atoms with van der Waals surface area (Å²) in [4.78, 5) is 22.7. The molecule has 2 unspecified atom stereocenters. The molecule has 1 fully saturated rings. The molecule has 1 aromatic heterocycles. The van der Waals surface area contributed by atoms with E-state index >= 15 is 0 Å². The third kappa shape index (κ3) is 4.35. The molecule has 0 spiro atoms. The van der Waals surface area contributed by atoms with Gasteiger partial charge in [0.05, 0.1) is 12.6 Å². The van der Waals surface area contributed by atoms with Crippen molar-refractivity contribution in [2.24, 2.45) is 0 Å².